The van der Waals surface area contributed by atoms with Gasteiger partial charge in [0.2, 0.25) is 6.79 Å². The molecule has 33 heavy (non-hydrogen) atoms. The molecule has 8 nitrogen and oxygen atoms in total. The smallest absolute Gasteiger partial charge is 0.253 e. The van der Waals surface area contributed by atoms with Gasteiger partial charge in [0.1, 0.15) is 5.75 Å². The maximum atomic E-state index is 12.8. The number of rotatable bonds is 9. The van der Waals surface area contributed by atoms with Crippen molar-refractivity contribution in [1.29, 1.82) is 0 Å². The second-order valence-electron chi connectivity index (χ2n) is 8.18. The molecule has 1 saturated heterocycles. The number of piperazine rings is 1. The summed E-state index contributed by atoms with van der Waals surface area (Å²) in [6.07, 6.45) is 2.11. The lowest BCUT2D eigenvalue weighted by Gasteiger charge is -2.34. The minimum absolute atomic E-state index is 0.0471. The SMILES string of the molecule is CCCCOc1ccc(C(=O)N2CCN(CCNC(=O)c3ccc4c(c3)OCO4)CC2)cc1. The first-order valence-corrected chi connectivity index (χ1v) is 11.6. The quantitative estimate of drug-likeness (QED) is 0.588. The molecule has 0 spiro atoms. The number of amides is 2. The Balaban J connectivity index is 1.17. The summed E-state index contributed by atoms with van der Waals surface area (Å²) in [5, 5.41) is 2.95. The molecule has 0 radical (unpaired) electrons. The fraction of sp³-hybridized carbons (Fsp3) is 0.440. The number of hydrogen-bond donors (Lipinski definition) is 1. The van der Waals surface area contributed by atoms with Crippen molar-refractivity contribution >= 4 is 11.8 Å². The van der Waals surface area contributed by atoms with Gasteiger partial charge in [-0.25, -0.2) is 0 Å². The molecule has 0 aliphatic carbocycles. The van der Waals surface area contributed by atoms with Gasteiger partial charge in [0.15, 0.2) is 11.5 Å². The Labute approximate surface area is 194 Å². The van der Waals surface area contributed by atoms with Crippen LogP contribution >= 0.6 is 0 Å². The fourth-order valence-electron chi connectivity index (χ4n) is 3.85. The van der Waals surface area contributed by atoms with E-state index in [1.54, 1.807) is 18.2 Å². The molecule has 0 atom stereocenters. The number of ether oxygens (including phenoxy) is 3. The van der Waals surface area contributed by atoms with Crippen LogP contribution in [0.2, 0.25) is 0 Å². The van der Waals surface area contributed by atoms with Crippen molar-refractivity contribution in [1.82, 2.24) is 15.1 Å². The highest BCUT2D eigenvalue weighted by Crippen LogP contribution is 2.32. The Morgan fingerprint density at radius 2 is 1.70 bits per heavy atom. The van der Waals surface area contributed by atoms with Gasteiger partial charge >= 0.3 is 0 Å². The van der Waals surface area contributed by atoms with Crippen LogP contribution in [0.1, 0.15) is 40.5 Å². The van der Waals surface area contributed by atoms with Crippen LogP contribution in [0.4, 0.5) is 0 Å². The normalized spacial score (nSPS) is 15.4. The van der Waals surface area contributed by atoms with Crippen molar-refractivity contribution in [3.8, 4) is 17.2 Å². The first-order chi connectivity index (χ1) is 16.1. The Morgan fingerprint density at radius 1 is 0.970 bits per heavy atom. The molecule has 2 heterocycles. The minimum atomic E-state index is -0.135. The maximum absolute atomic E-state index is 12.8. The van der Waals surface area contributed by atoms with E-state index in [1.807, 2.05) is 29.2 Å². The second kappa shape index (κ2) is 11.0. The number of unbranched alkanes of at least 4 members (excludes halogenated alkanes) is 1. The predicted octanol–water partition coefficient (Wildman–Crippen LogP) is 2.78. The van der Waals surface area contributed by atoms with Gasteiger partial charge in [0.05, 0.1) is 6.61 Å². The number of benzene rings is 2. The molecule has 2 aromatic rings. The molecule has 4 rings (SSSR count). The Kier molecular flexibility index (Phi) is 7.67. The Morgan fingerprint density at radius 3 is 2.45 bits per heavy atom. The van der Waals surface area contributed by atoms with Crippen molar-refractivity contribution in [2.45, 2.75) is 19.8 Å². The van der Waals surface area contributed by atoms with Gasteiger partial charge in [-0.3, -0.25) is 14.5 Å². The molecule has 2 amide bonds. The second-order valence-corrected chi connectivity index (χ2v) is 8.18. The number of nitrogens with one attached hydrogen (secondary N) is 1. The van der Waals surface area contributed by atoms with Gasteiger partial charge in [0.25, 0.3) is 11.8 Å². The highest BCUT2D eigenvalue weighted by Gasteiger charge is 2.22. The van der Waals surface area contributed by atoms with Crippen LogP contribution in [0.5, 0.6) is 17.2 Å². The van der Waals surface area contributed by atoms with Crippen LogP contribution in [-0.2, 0) is 0 Å². The van der Waals surface area contributed by atoms with Gasteiger partial charge in [0, 0.05) is 50.4 Å². The van der Waals surface area contributed by atoms with Gasteiger partial charge in [-0.2, -0.15) is 0 Å². The highest BCUT2D eigenvalue weighted by atomic mass is 16.7. The van der Waals surface area contributed by atoms with Crippen LogP contribution in [0, 0.1) is 0 Å². The molecule has 8 heteroatoms. The third-order valence-electron chi connectivity index (χ3n) is 5.88. The zero-order valence-corrected chi connectivity index (χ0v) is 19.0. The van der Waals surface area contributed by atoms with Crippen molar-refractivity contribution in [3.63, 3.8) is 0 Å². The molecular formula is C25H31N3O5. The summed E-state index contributed by atoms with van der Waals surface area (Å²) >= 11 is 0. The third-order valence-corrected chi connectivity index (χ3v) is 5.88. The molecule has 1 N–H and O–H groups in total. The van der Waals surface area contributed by atoms with Gasteiger partial charge in [-0.15, -0.1) is 0 Å². The van der Waals surface area contributed by atoms with E-state index in [-0.39, 0.29) is 18.6 Å². The molecule has 0 aromatic heterocycles. The largest absolute Gasteiger partial charge is 0.494 e. The standard InChI is InChI=1S/C25H31N3O5/c1-2-3-16-31-21-7-4-19(5-8-21)25(30)28-14-12-27(13-15-28)11-10-26-24(29)20-6-9-22-23(17-20)33-18-32-22/h4-9,17H,2-3,10-16,18H2,1H3,(H,26,29). The average molecular weight is 454 g/mol. The molecule has 2 aliphatic heterocycles. The summed E-state index contributed by atoms with van der Waals surface area (Å²) in [6, 6.07) is 12.6. The molecule has 176 valence electrons. The van der Waals surface area contributed by atoms with Gasteiger partial charge in [-0.1, -0.05) is 13.3 Å². The summed E-state index contributed by atoms with van der Waals surface area (Å²) in [5.74, 6) is 1.97. The summed E-state index contributed by atoms with van der Waals surface area (Å²) in [7, 11) is 0. The average Bonchev–Trinajstić information content (AvgIpc) is 3.33. The molecule has 0 unspecified atom stereocenters. The Hall–Kier alpha value is -3.26. The lowest BCUT2D eigenvalue weighted by Crippen LogP contribution is -2.50. The van der Waals surface area contributed by atoms with Crippen LogP contribution in [0.15, 0.2) is 42.5 Å². The first kappa shape index (κ1) is 22.9. The van der Waals surface area contributed by atoms with Crippen molar-refractivity contribution < 1.29 is 23.8 Å². The molecule has 2 aliphatic rings. The fourth-order valence-corrected chi connectivity index (χ4v) is 3.85. The Bertz CT molecular complexity index is 955. The monoisotopic (exact) mass is 453 g/mol. The van der Waals surface area contributed by atoms with Crippen molar-refractivity contribution in [2.24, 2.45) is 0 Å². The number of nitrogens with zero attached hydrogens (tertiary/aromatic N) is 2. The summed E-state index contributed by atoms with van der Waals surface area (Å²) in [4.78, 5) is 29.3. The molecular weight excluding hydrogens is 422 g/mol. The lowest BCUT2D eigenvalue weighted by atomic mass is 10.1. The van der Waals surface area contributed by atoms with Crippen LogP contribution in [0.3, 0.4) is 0 Å². The number of fused-ring (bicyclic) bond motifs is 1. The van der Waals surface area contributed by atoms with Crippen LogP contribution in [0.25, 0.3) is 0 Å². The highest BCUT2D eigenvalue weighted by molar-refractivity contribution is 5.95. The third kappa shape index (κ3) is 5.96. The van der Waals surface area contributed by atoms with Crippen molar-refractivity contribution in [2.75, 3.05) is 52.7 Å². The maximum Gasteiger partial charge on any atom is 0.253 e. The van der Waals surface area contributed by atoms with E-state index in [9.17, 15) is 9.59 Å². The summed E-state index contributed by atoms with van der Waals surface area (Å²) in [5.41, 5.74) is 1.23. The minimum Gasteiger partial charge on any atom is -0.494 e. The van der Waals surface area contributed by atoms with E-state index in [1.165, 1.54) is 0 Å². The predicted molar refractivity (Wildman–Crippen MR) is 124 cm³/mol. The molecule has 2 aromatic carbocycles. The molecule has 1 fully saturated rings. The zero-order valence-electron chi connectivity index (χ0n) is 19.0. The van der Waals surface area contributed by atoms with Gasteiger partial charge < -0.3 is 24.4 Å². The van der Waals surface area contributed by atoms with E-state index in [2.05, 4.69) is 17.1 Å². The van der Waals surface area contributed by atoms with E-state index < -0.39 is 0 Å². The van der Waals surface area contributed by atoms with E-state index in [4.69, 9.17) is 14.2 Å². The van der Waals surface area contributed by atoms with Gasteiger partial charge in [-0.05, 0) is 48.9 Å². The lowest BCUT2D eigenvalue weighted by molar-refractivity contribution is 0.0638. The number of carbonyl (C=O) groups is 2. The zero-order chi connectivity index (χ0) is 23.0. The number of hydrogen-bond acceptors (Lipinski definition) is 6. The van der Waals surface area contributed by atoms with E-state index >= 15 is 0 Å². The van der Waals surface area contributed by atoms with Crippen molar-refractivity contribution in [3.05, 3.63) is 53.6 Å². The topological polar surface area (TPSA) is 80.3 Å². The molecule has 0 saturated carbocycles. The molecule has 0 bridgehead atoms. The number of carbonyl (C=O) groups excluding carboxylic acids is 2. The first-order valence-electron chi connectivity index (χ1n) is 11.6. The summed E-state index contributed by atoms with van der Waals surface area (Å²) in [6.45, 7) is 7.20. The summed E-state index contributed by atoms with van der Waals surface area (Å²) < 4.78 is 16.3. The van der Waals surface area contributed by atoms with E-state index in [0.29, 0.717) is 48.9 Å². The van der Waals surface area contributed by atoms with Crippen LogP contribution < -0.4 is 19.5 Å². The van der Waals surface area contributed by atoms with E-state index in [0.717, 1.165) is 38.2 Å². The van der Waals surface area contributed by atoms with Crippen LogP contribution in [-0.4, -0.2) is 74.3 Å².